The average Bonchev–Trinajstić information content (AvgIpc) is 2.30. The fourth-order valence-corrected chi connectivity index (χ4v) is 1.36. The fraction of sp³-hybridized carbons (Fsp3) is 0.308. The summed E-state index contributed by atoms with van der Waals surface area (Å²) in [6.07, 6.45) is 0.739. The minimum absolute atomic E-state index is 0.201. The molecule has 0 aliphatic heterocycles. The van der Waals surface area contributed by atoms with Gasteiger partial charge in [-0.05, 0) is 31.2 Å². The first-order chi connectivity index (χ1) is 9.30. The van der Waals surface area contributed by atoms with Crippen LogP contribution in [0.5, 0.6) is 5.75 Å². The van der Waals surface area contributed by atoms with Gasteiger partial charge in [0.15, 0.2) is 0 Å². The monoisotopic (exact) mass is 286 g/mol. The molecule has 0 aliphatic rings. The Morgan fingerprint density at radius 3 is 2.50 bits per heavy atom. The summed E-state index contributed by atoms with van der Waals surface area (Å²) in [5.41, 5.74) is 0.338. The number of benzene rings is 1. The van der Waals surface area contributed by atoms with Gasteiger partial charge in [-0.25, -0.2) is 4.79 Å². The van der Waals surface area contributed by atoms with Crippen molar-refractivity contribution in [3.8, 4) is 18.1 Å². The normalized spacial score (nSPS) is 12.2. The number of alkyl halides is 3. The van der Waals surface area contributed by atoms with E-state index in [-0.39, 0.29) is 11.8 Å². The number of anilines is 1. The van der Waals surface area contributed by atoms with Crippen molar-refractivity contribution in [2.24, 2.45) is 0 Å². The molecule has 1 rings (SSSR count). The molecule has 0 heterocycles. The van der Waals surface area contributed by atoms with Gasteiger partial charge in [-0.15, -0.1) is 25.5 Å². The Labute approximate surface area is 114 Å². The number of carbonyl (C=O) groups excluding carboxylic acids is 1. The number of halogens is 3. The van der Waals surface area contributed by atoms with Crippen LogP contribution in [-0.4, -0.2) is 18.4 Å². The summed E-state index contributed by atoms with van der Waals surface area (Å²) < 4.78 is 39.6. The summed E-state index contributed by atoms with van der Waals surface area (Å²) in [5, 5.41) is 5.04. The Morgan fingerprint density at radius 1 is 1.40 bits per heavy atom. The van der Waals surface area contributed by atoms with Gasteiger partial charge in [-0.1, -0.05) is 0 Å². The lowest BCUT2D eigenvalue weighted by atomic mass is 10.2. The zero-order chi connectivity index (χ0) is 15.2. The van der Waals surface area contributed by atoms with E-state index in [9.17, 15) is 18.0 Å². The predicted molar refractivity (Wildman–Crippen MR) is 68.2 cm³/mol. The Kier molecular flexibility index (Phi) is 5.26. The molecule has 2 N–H and O–H groups in total. The Bertz CT molecular complexity index is 492. The molecular weight excluding hydrogens is 273 g/mol. The summed E-state index contributed by atoms with van der Waals surface area (Å²) in [6.45, 7) is 1.74. The molecule has 4 nitrogen and oxygen atoms in total. The van der Waals surface area contributed by atoms with E-state index in [4.69, 9.17) is 6.42 Å². The summed E-state index contributed by atoms with van der Waals surface area (Å²) in [6, 6.07) is 4.12. The van der Waals surface area contributed by atoms with Crippen molar-refractivity contribution >= 4 is 11.7 Å². The van der Waals surface area contributed by atoms with Crippen LogP contribution in [0.25, 0.3) is 0 Å². The number of urea groups is 1. The molecular formula is C13H13F3N2O2. The zero-order valence-electron chi connectivity index (χ0n) is 10.6. The van der Waals surface area contributed by atoms with Crippen molar-refractivity contribution in [3.63, 3.8) is 0 Å². The molecule has 0 radical (unpaired) electrons. The molecule has 0 spiro atoms. The van der Waals surface area contributed by atoms with Gasteiger partial charge in [0.1, 0.15) is 5.75 Å². The highest BCUT2D eigenvalue weighted by molar-refractivity contribution is 5.89. The molecule has 0 saturated carbocycles. The van der Waals surface area contributed by atoms with Gasteiger partial charge in [-0.2, -0.15) is 0 Å². The second kappa shape index (κ2) is 6.70. The van der Waals surface area contributed by atoms with Crippen LogP contribution in [0, 0.1) is 12.3 Å². The number of hydrogen-bond acceptors (Lipinski definition) is 2. The van der Waals surface area contributed by atoms with E-state index >= 15 is 0 Å². The largest absolute Gasteiger partial charge is 0.573 e. The number of rotatable bonds is 4. The van der Waals surface area contributed by atoms with Crippen molar-refractivity contribution in [2.45, 2.75) is 25.7 Å². The number of hydrogen-bond donors (Lipinski definition) is 2. The van der Waals surface area contributed by atoms with Crippen molar-refractivity contribution in [2.75, 3.05) is 5.32 Å². The van der Waals surface area contributed by atoms with Gasteiger partial charge in [-0.3, -0.25) is 0 Å². The molecule has 20 heavy (non-hydrogen) atoms. The molecule has 1 aromatic carbocycles. The quantitative estimate of drug-likeness (QED) is 0.835. The van der Waals surface area contributed by atoms with Gasteiger partial charge in [0, 0.05) is 18.2 Å². The Morgan fingerprint density at radius 2 is 2.00 bits per heavy atom. The van der Waals surface area contributed by atoms with Gasteiger partial charge in [0.2, 0.25) is 0 Å². The molecule has 1 atom stereocenters. The van der Waals surface area contributed by atoms with Crippen LogP contribution in [0.2, 0.25) is 0 Å². The highest BCUT2D eigenvalue weighted by Gasteiger charge is 2.30. The summed E-state index contributed by atoms with van der Waals surface area (Å²) in [7, 11) is 0. The van der Waals surface area contributed by atoms with Crippen molar-refractivity contribution < 1.29 is 22.7 Å². The number of amides is 2. The predicted octanol–water partition coefficient (Wildman–Crippen LogP) is 3.12. The third-order valence-electron chi connectivity index (χ3n) is 2.15. The molecule has 1 unspecified atom stereocenters. The second-order valence-electron chi connectivity index (χ2n) is 3.98. The lowest BCUT2D eigenvalue weighted by Gasteiger charge is -2.13. The standard InChI is InChI=1S/C13H13F3N2O2/c1-3-4-9(2)17-12(19)18-10-5-7-11(8-6-10)20-13(14,15)16/h1,5-9H,4H2,2H3,(H2,17,18,19). The molecule has 108 valence electrons. The average molecular weight is 286 g/mol. The maximum Gasteiger partial charge on any atom is 0.573 e. The number of terminal acetylenes is 1. The molecule has 0 fully saturated rings. The number of ether oxygens (including phenoxy) is 1. The lowest BCUT2D eigenvalue weighted by Crippen LogP contribution is -2.35. The van der Waals surface area contributed by atoms with Crippen molar-refractivity contribution in [3.05, 3.63) is 24.3 Å². The van der Waals surface area contributed by atoms with Crippen LogP contribution >= 0.6 is 0 Å². The minimum Gasteiger partial charge on any atom is -0.406 e. The van der Waals surface area contributed by atoms with Crippen LogP contribution in [-0.2, 0) is 0 Å². The summed E-state index contributed by atoms with van der Waals surface area (Å²) in [4.78, 5) is 11.5. The van der Waals surface area contributed by atoms with E-state index in [1.54, 1.807) is 6.92 Å². The molecule has 1 aromatic rings. The first-order valence-electron chi connectivity index (χ1n) is 5.67. The van der Waals surface area contributed by atoms with Crippen molar-refractivity contribution in [1.82, 2.24) is 5.32 Å². The molecule has 7 heteroatoms. The number of nitrogens with one attached hydrogen (secondary N) is 2. The lowest BCUT2D eigenvalue weighted by molar-refractivity contribution is -0.274. The van der Waals surface area contributed by atoms with E-state index in [1.807, 2.05) is 0 Å². The third-order valence-corrected chi connectivity index (χ3v) is 2.15. The Hall–Kier alpha value is -2.36. The first-order valence-corrected chi connectivity index (χ1v) is 5.67. The van der Waals surface area contributed by atoms with Gasteiger partial charge >= 0.3 is 12.4 Å². The maximum atomic E-state index is 11.9. The first kappa shape index (κ1) is 15.7. The van der Waals surface area contributed by atoms with Crippen LogP contribution in [0.1, 0.15) is 13.3 Å². The minimum atomic E-state index is -4.74. The smallest absolute Gasteiger partial charge is 0.406 e. The highest BCUT2D eigenvalue weighted by atomic mass is 19.4. The van der Waals surface area contributed by atoms with Crippen LogP contribution < -0.4 is 15.4 Å². The molecule has 0 aromatic heterocycles. The van der Waals surface area contributed by atoms with Gasteiger partial charge in [0.25, 0.3) is 0 Å². The van der Waals surface area contributed by atoms with Crippen LogP contribution in [0.15, 0.2) is 24.3 Å². The van der Waals surface area contributed by atoms with E-state index < -0.39 is 12.4 Å². The summed E-state index contributed by atoms with van der Waals surface area (Å²) >= 11 is 0. The molecule has 0 bridgehead atoms. The maximum absolute atomic E-state index is 11.9. The van der Waals surface area contributed by atoms with E-state index in [0.717, 1.165) is 12.1 Å². The van der Waals surface area contributed by atoms with Crippen molar-refractivity contribution in [1.29, 1.82) is 0 Å². The third kappa shape index (κ3) is 6.00. The number of carbonyl (C=O) groups is 1. The van der Waals surface area contributed by atoms with E-state index in [1.165, 1.54) is 12.1 Å². The van der Waals surface area contributed by atoms with Crippen LogP contribution in [0.3, 0.4) is 0 Å². The second-order valence-corrected chi connectivity index (χ2v) is 3.98. The molecule has 0 aliphatic carbocycles. The SMILES string of the molecule is C#CCC(C)NC(=O)Nc1ccc(OC(F)(F)F)cc1. The fourth-order valence-electron chi connectivity index (χ4n) is 1.36. The van der Waals surface area contributed by atoms with Gasteiger partial charge in [0.05, 0.1) is 0 Å². The zero-order valence-corrected chi connectivity index (χ0v) is 10.6. The highest BCUT2D eigenvalue weighted by Crippen LogP contribution is 2.23. The summed E-state index contributed by atoms with van der Waals surface area (Å²) in [5.74, 6) is 2.04. The topological polar surface area (TPSA) is 50.4 Å². The van der Waals surface area contributed by atoms with E-state index in [0.29, 0.717) is 12.1 Å². The van der Waals surface area contributed by atoms with E-state index in [2.05, 4.69) is 21.3 Å². The van der Waals surface area contributed by atoms with Crippen LogP contribution in [0.4, 0.5) is 23.7 Å². The molecule has 2 amide bonds. The Balaban J connectivity index is 2.53. The molecule has 0 saturated heterocycles. The van der Waals surface area contributed by atoms with Gasteiger partial charge < -0.3 is 15.4 Å².